The Morgan fingerprint density at radius 2 is 0.504 bits per heavy atom. The second-order valence-electron chi connectivity index (χ2n) is 21.4. The van der Waals surface area contributed by atoms with E-state index in [-0.39, 0.29) is 151 Å². The second kappa shape index (κ2) is 58.9. The van der Waals surface area contributed by atoms with E-state index in [1.807, 2.05) is 13.8 Å². The number of rotatable bonds is 12. The van der Waals surface area contributed by atoms with E-state index in [0.717, 1.165) is 23.5 Å². The number of hydrogen-bond acceptors (Lipinski definition) is 27. The Kier molecular flexibility index (Phi) is 23.5. The molecule has 27 nitrogen and oxygen atoms in total. The van der Waals surface area contributed by atoms with Crippen LogP contribution in [0.15, 0.2) is 171 Å². The van der Waals surface area contributed by atoms with Crippen molar-refractivity contribution in [2.45, 2.75) is 195 Å². The normalized spacial score (nSPS) is 18.1. The monoisotopic (exact) mass is 1590 g/mol. The summed E-state index contributed by atoms with van der Waals surface area (Å²) in [6.45, 7) is -19.7. The lowest BCUT2D eigenvalue weighted by Crippen LogP contribution is -2.04. The molecule has 24 N–H and O–H groups in total. The Bertz CT molecular complexity index is 6480. The van der Waals surface area contributed by atoms with Crippen LogP contribution in [0.25, 0.3) is 0 Å². The van der Waals surface area contributed by atoms with Gasteiger partial charge in [-0.15, -0.1) is 0 Å². The zero-order valence-corrected chi connectivity index (χ0v) is 63.4. The van der Waals surface area contributed by atoms with Crippen LogP contribution in [0.5, 0.6) is 0 Å². The van der Waals surface area contributed by atoms with Crippen LogP contribution < -0.4 is 68.8 Å². The van der Waals surface area contributed by atoms with Crippen LogP contribution in [0.1, 0.15) is 232 Å². The largest absolute Gasteiger partial charge is 0.325 e. The number of aryl methyl sites for hydroxylation is 11. The molecule has 0 aliphatic carbocycles. The standard InChI is InChI=1S/3C8H12N2.2C7H11N3.6C7H10N2.C6H9N3/c3*1-6-3-4-8(5-9)10-7(6)2;2*1-5-4-9-7(3-8)10-6(5)2;6*1-6-2-3-7(4-8)9-5-6;1-5-3-8-6(2-7)9-4-5/h3*3-4H,5,9H2,1-2H3;2*4H,3,8H2,1-2H3;6*2-3,5H,4,8H2,1H3;3-4H,2,7H2,1H3/i1D3,3D,4D,5D2;3D,4D,5D2;1D3,3D,4D;1D3,3D2,4D;3D2,4D;2*1D3,4D2;2*4D2;2*1D3;1D3,3D,4D. The van der Waals surface area contributed by atoms with Gasteiger partial charge in [-0.1, -0.05) is 54.5 Å². The highest BCUT2D eigenvalue weighted by Gasteiger charge is 2.01. The van der Waals surface area contributed by atoms with Crippen molar-refractivity contribution < 1.29 is 68.5 Å². The summed E-state index contributed by atoms with van der Waals surface area (Å²) >= 11 is 0. The molecule has 12 heterocycles. The van der Waals surface area contributed by atoms with E-state index in [0.29, 0.717) is 47.0 Å². The minimum absolute atomic E-state index is 0.00433. The van der Waals surface area contributed by atoms with E-state index in [9.17, 15) is 0 Å². The number of hydrogen-bond donors (Lipinski definition) is 12. The Hall–Kier alpha value is -10.9. The Morgan fingerprint density at radius 3 is 0.779 bits per heavy atom. The quantitative estimate of drug-likeness (QED) is 0.0541. The lowest BCUT2D eigenvalue weighted by atomic mass is 10.2. The number of nitrogens with two attached hydrogens (primary N) is 12. The van der Waals surface area contributed by atoms with Gasteiger partial charge in [-0.25, -0.2) is 29.9 Å². The third-order valence-corrected chi connectivity index (χ3v) is 12.7. The molecule has 0 aliphatic rings. The summed E-state index contributed by atoms with van der Waals surface area (Å²) < 4.78 is 361. The topological polar surface area (TPSA) is 506 Å². The minimum Gasteiger partial charge on any atom is -0.325 e. The van der Waals surface area contributed by atoms with Crippen LogP contribution in [0, 0.1) is 117 Å². The van der Waals surface area contributed by atoms with E-state index >= 15 is 0 Å². The molecule has 12 aromatic rings. The molecule has 27 heteroatoms. The summed E-state index contributed by atoms with van der Waals surface area (Å²) in [5, 5.41) is 0. The molecule has 0 saturated carbocycles. The molecular formula is C86H127N27. The average molecular weight is 1590 g/mol. The summed E-state index contributed by atoms with van der Waals surface area (Å²) in [7, 11) is 0. The Labute approximate surface area is 741 Å². The molecule has 0 saturated heterocycles. The molecule has 0 aromatic carbocycles. The highest BCUT2D eigenvalue weighted by atomic mass is 14.9. The molecular weight excluding hydrogens is 1410 g/mol. The minimum atomic E-state index is -2.55. The zero-order valence-electron chi connectivity index (χ0n) is 113. The van der Waals surface area contributed by atoms with Crippen molar-refractivity contribution in [1.82, 2.24) is 74.8 Å². The molecule has 0 fully saturated rings. The third kappa shape index (κ3) is 45.3. The summed E-state index contributed by atoms with van der Waals surface area (Å²) in [4.78, 5) is 56.1. The zero-order chi connectivity index (χ0) is 128. The van der Waals surface area contributed by atoms with Crippen LogP contribution in [0.2, 0.25) is 0 Å². The summed E-state index contributed by atoms with van der Waals surface area (Å²) in [5.74, 6) is -0.420. The van der Waals surface area contributed by atoms with Crippen LogP contribution in [-0.4, -0.2) is 74.8 Å². The fourth-order valence-electron chi connectivity index (χ4n) is 6.31. The van der Waals surface area contributed by atoms with Gasteiger partial charge in [-0.05, 0) is 238 Å². The van der Waals surface area contributed by atoms with Gasteiger partial charge < -0.3 is 68.8 Å². The van der Waals surface area contributed by atoms with Gasteiger partial charge in [-0.2, -0.15) is 0 Å². The van der Waals surface area contributed by atoms with Crippen LogP contribution in [0.4, 0.5) is 0 Å². The number of pyridine rings is 9. The molecule has 0 unspecified atom stereocenters. The number of nitrogens with zero attached hydrogens (tertiary/aromatic N) is 15. The van der Waals surface area contributed by atoms with Gasteiger partial charge in [0.15, 0.2) is 0 Å². The first-order chi connectivity index (χ1) is 73.2. The van der Waals surface area contributed by atoms with Gasteiger partial charge in [0.2, 0.25) is 0 Å². The van der Waals surface area contributed by atoms with Crippen molar-refractivity contribution in [3.63, 3.8) is 0 Å². The average Bonchev–Trinajstić information content (AvgIpc) is 0.770. The van der Waals surface area contributed by atoms with E-state index in [1.54, 1.807) is 76.5 Å². The SMILES string of the molecule is [2H]C([2H])(N)c1ccc(C)cn1.[2H]C([2H])(N)c1ccc(C)cn1.[2H]C([2H])([2H])c1ccc(C([2H])([2H])N)nc1.[2H]C([2H])([2H])c1ccc(C([2H])([2H])N)nc1.[2H]C([2H])([2H])c1ccc(CN)nc1.[2H]C([2H])([2H])c1ccc(CN)nc1.[2H]c1c(C([2H])([2H])N)nc(C)c(C([2H])([2H])[2H])c1[2H].[2H]c1c(C([2H])([2H])N)nc(C)c(C)c1[2H].[2H]c1c(CN)nc(C)c(C([2H])([2H])[2H])c1[2H].[2H]c1nc(C([2H])([2H])N)nc(C)c1C.[2H]c1nc(C([2H])([2H])N)nc(C)c1C([2H])([2H])[2H].[2H]c1nc(CN)nc([2H])c1C([2H])([2H])[2H]. The molecule has 113 heavy (non-hydrogen) atoms. The maximum Gasteiger partial charge on any atom is 0.142 e. The highest BCUT2D eigenvalue weighted by molar-refractivity contribution is 5.24. The van der Waals surface area contributed by atoms with Crippen molar-refractivity contribution in [3.05, 3.63) is 335 Å². The van der Waals surface area contributed by atoms with Gasteiger partial charge in [0.1, 0.15) is 17.5 Å². The molecule has 0 atom stereocenters. The summed E-state index contributed by atoms with van der Waals surface area (Å²) in [6.07, 6.45) is 6.72. The van der Waals surface area contributed by atoms with Gasteiger partial charge in [0.05, 0.1) is 90.0 Å². The van der Waals surface area contributed by atoms with E-state index in [1.165, 1.54) is 69.6 Å². The summed E-state index contributed by atoms with van der Waals surface area (Å²) in [6, 6.07) is 16.3. The Balaban J connectivity index is 0.000000891. The van der Waals surface area contributed by atoms with E-state index in [2.05, 4.69) is 74.8 Å². The van der Waals surface area contributed by atoms with Gasteiger partial charge in [-0.3, -0.25) is 44.9 Å². The highest BCUT2D eigenvalue weighted by Crippen LogP contribution is 2.08. The molecule has 606 valence electrons. The molecule has 0 radical (unpaired) electrons. The number of aromatic nitrogens is 15. The fraction of sp³-hybridized carbons (Fsp3) is 0.337. The lowest BCUT2D eigenvalue weighted by Gasteiger charge is -2.00. The van der Waals surface area contributed by atoms with Crippen molar-refractivity contribution in [3.8, 4) is 0 Å². The Morgan fingerprint density at radius 1 is 0.230 bits per heavy atom. The van der Waals surface area contributed by atoms with Crippen LogP contribution >= 0.6 is 0 Å². The molecule has 0 amide bonds. The van der Waals surface area contributed by atoms with Crippen molar-refractivity contribution in [2.24, 2.45) is 68.8 Å². The first-order valence-corrected chi connectivity index (χ1v) is 32.5. The maximum absolute atomic E-state index is 7.60. The van der Waals surface area contributed by atoms with E-state index < -0.39 is 149 Å². The molecule has 0 bridgehead atoms. The van der Waals surface area contributed by atoms with Crippen molar-refractivity contribution >= 4 is 0 Å². The van der Waals surface area contributed by atoms with Crippen LogP contribution in [-0.2, 0) is 78.2 Å². The first kappa shape index (κ1) is 45.1. The smallest absolute Gasteiger partial charge is 0.142 e. The predicted octanol–water partition coefficient (Wildman–Crippen LogP) is 9.91. The van der Waals surface area contributed by atoms with Crippen molar-refractivity contribution in [2.75, 3.05) is 0 Å². The first-order valence-electron chi connectivity index (χ1n) is 57.5. The molecule has 12 rings (SSSR count). The van der Waals surface area contributed by atoms with Gasteiger partial charge >= 0.3 is 0 Å². The van der Waals surface area contributed by atoms with Gasteiger partial charge in [0.25, 0.3) is 0 Å². The van der Waals surface area contributed by atoms with Crippen molar-refractivity contribution in [1.29, 1.82) is 0 Å². The summed E-state index contributed by atoms with van der Waals surface area (Å²) in [5.41, 5.74) is 68.2. The maximum atomic E-state index is 7.60. The fourth-order valence-corrected chi connectivity index (χ4v) is 6.31. The second-order valence-corrected chi connectivity index (χ2v) is 21.4. The molecule has 12 aromatic heterocycles. The van der Waals surface area contributed by atoms with Gasteiger partial charge in [0, 0.05) is 198 Å². The molecule has 0 spiro atoms. The third-order valence-electron chi connectivity index (χ3n) is 12.7. The van der Waals surface area contributed by atoms with E-state index in [4.69, 9.17) is 137 Å². The van der Waals surface area contributed by atoms with Crippen LogP contribution in [0.3, 0.4) is 0 Å². The lowest BCUT2D eigenvalue weighted by molar-refractivity contribution is 0.880. The molecule has 0 aliphatic heterocycles. The predicted molar refractivity (Wildman–Crippen MR) is 459 cm³/mol.